The van der Waals surface area contributed by atoms with E-state index in [1.165, 1.54) is 17.7 Å². The van der Waals surface area contributed by atoms with Crippen molar-refractivity contribution in [1.29, 1.82) is 0 Å². The molecule has 3 aromatic rings. The minimum atomic E-state index is -1.03. The molecule has 3 aromatic carbocycles. The van der Waals surface area contributed by atoms with Crippen molar-refractivity contribution < 1.29 is 18.7 Å². The maximum Gasteiger partial charge on any atom is 0.349 e. The number of benzene rings is 3. The number of carbonyl (C=O) groups excluding carboxylic acids is 1. The van der Waals surface area contributed by atoms with Crippen LogP contribution in [-0.4, -0.2) is 18.2 Å². The molecule has 0 atom stereocenters. The molecule has 0 aliphatic rings. The van der Waals surface area contributed by atoms with E-state index in [9.17, 15) is 9.18 Å². The Morgan fingerprint density at radius 3 is 2.03 bits per heavy atom. The second-order valence-electron chi connectivity index (χ2n) is 8.15. The van der Waals surface area contributed by atoms with E-state index in [-0.39, 0.29) is 11.8 Å². The highest BCUT2D eigenvalue weighted by molar-refractivity contribution is 5.79. The Morgan fingerprint density at radius 1 is 0.906 bits per heavy atom. The first-order valence-corrected chi connectivity index (χ1v) is 10.8. The molecule has 0 heterocycles. The number of allylic oxidation sites excluding steroid dienone is 2. The lowest BCUT2D eigenvalue weighted by atomic mass is 10.00. The topological polar surface area (TPSA) is 35.5 Å². The Bertz CT molecular complexity index is 1060. The second kappa shape index (κ2) is 10.3. The van der Waals surface area contributed by atoms with Crippen molar-refractivity contribution in [3.05, 3.63) is 95.8 Å². The summed E-state index contributed by atoms with van der Waals surface area (Å²) in [5.74, 6) is 0.0171. The lowest BCUT2D eigenvalue weighted by Gasteiger charge is -2.24. The number of hydrogen-bond acceptors (Lipinski definition) is 3. The van der Waals surface area contributed by atoms with Crippen LogP contribution in [0.3, 0.4) is 0 Å². The lowest BCUT2D eigenvalue weighted by Crippen LogP contribution is -2.39. The molecular formula is C28H29FO3. The number of carbonyl (C=O) groups is 1. The minimum Gasteiger partial charge on any atom is -0.476 e. The Labute approximate surface area is 189 Å². The normalized spacial score (nSPS) is 11.8. The predicted molar refractivity (Wildman–Crippen MR) is 127 cm³/mol. The molecule has 0 saturated heterocycles. The van der Waals surface area contributed by atoms with Crippen molar-refractivity contribution in [3.63, 3.8) is 0 Å². The summed E-state index contributed by atoms with van der Waals surface area (Å²) in [6, 6.07) is 22.5. The predicted octanol–water partition coefficient (Wildman–Crippen LogP) is 6.86. The van der Waals surface area contributed by atoms with Crippen LogP contribution in [0.1, 0.15) is 38.8 Å². The van der Waals surface area contributed by atoms with E-state index in [1.807, 2.05) is 24.3 Å². The van der Waals surface area contributed by atoms with Crippen LogP contribution in [0.25, 0.3) is 16.7 Å². The maximum atomic E-state index is 13.1. The summed E-state index contributed by atoms with van der Waals surface area (Å²) in [7, 11) is 0. The average Bonchev–Trinajstić information content (AvgIpc) is 2.79. The molecule has 0 aliphatic heterocycles. The van der Waals surface area contributed by atoms with Gasteiger partial charge >= 0.3 is 5.97 Å². The van der Waals surface area contributed by atoms with Crippen molar-refractivity contribution >= 4 is 11.5 Å². The van der Waals surface area contributed by atoms with Crippen LogP contribution in [0.5, 0.6) is 5.75 Å². The van der Waals surface area contributed by atoms with Gasteiger partial charge < -0.3 is 9.47 Å². The first-order chi connectivity index (χ1) is 15.3. The van der Waals surface area contributed by atoms with Gasteiger partial charge in [0.1, 0.15) is 11.6 Å². The van der Waals surface area contributed by atoms with Crippen molar-refractivity contribution in [2.24, 2.45) is 0 Å². The third-order valence-corrected chi connectivity index (χ3v) is 5.23. The summed E-state index contributed by atoms with van der Waals surface area (Å²) in [4.78, 5) is 12.0. The Morgan fingerprint density at radius 2 is 1.47 bits per heavy atom. The van der Waals surface area contributed by atoms with Gasteiger partial charge in [-0.25, -0.2) is 9.18 Å². The highest BCUT2D eigenvalue weighted by Crippen LogP contribution is 2.24. The summed E-state index contributed by atoms with van der Waals surface area (Å²) >= 11 is 0. The molecule has 0 unspecified atom stereocenters. The number of ether oxygens (including phenoxy) is 2. The number of halogens is 1. The maximum absolute atomic E-state index is 13.1. The summed E-state index contributed by atoms with van der Waals surface area (Å²) in [5.41, 5.74) is 4.49. The van der Waals surface area contributed by atoms with Gasteiger partial charge in [0.05, 0.1) is 6.61 Å². The molecule has 0 N–H and O–H groups in total. The van der Waals surface area contributed by atoms with Crippen LogP contribution >= 0.6 is 0 Å². The Balaban J connectivity index is 1.62. The van der Waals surface area contributed by atoms with Gasteiger partial charge in [0.25, 0.3) is 0 Å². The van der Waals surface area contributed by atoms with E-state index in [4.69, 9.17) is 9.47 Å². The van der Waals surface area contributed by atoms with E-state index in [0.29, 0.717) is 12.4 Å². The lowest BCUT2D eigenvalue weighted by molar-refractivity contribution is -0.158. The van der Waals surface area contributed by atoms with Crippen molar-refractivity contribution in [1.82, 2.24) is 0 Å². The zero-order valence-corrected chi connectivity index (χ0v) is 19.0. The van der Waals surface area contributed by atoms with Crippen LogP contribution in [0.2, 0.25) is 0 Å². The SMILES string of the molecule is CCOC(=O)C(C)(C)Oc1ccc(CC=C(C)c2ccc(-c3ccc(F)cc3)cc2)cc1. The molecule has 0 bridgehead atoms. The highest BCUT2D eigenvalue weighted by Gasteiger charge is 2.31. The van der Waals surface area contributed by atoms with Gasteiger partial charge in [0.2, 0.25) is 0 Å². The molecule has 0 radical (unpaired) electrons. The van der Waals surface area contributed by atoms with Gasteiger partial charge in [-0.15, -0.1) is 0 Å². The van der Waals surface area contributed by atoms with E-state index < -0.39 is 5.60 Å². The molecule has 0 spiro atoms. The van der Waals surface area contributed by atoms with Crippen LogP contribution in [0, 0.1) is 5.82 Å². The van der Waals surface area contributed by atoms with Gasteiger partial charge in [-0.05, 0) is 86.2 Å². The zero-order valence-electron chi connectivity index (χ0n) is 19.0. The van der Waals surface area contributed by atoms with Gasteiger partial charge in [-0.1, -0.05) is 54.6 Å². The van der Waals surface area contributed by atoms with Crippen LogP contribution in [0.4, 0.5) is 4.39 Å². The quantitative estimate of drug-likeness (QED) is 0.365. The second-order valence-corrected chi connectivity index (χ2v) is 8.15. The molecule has 0 aromatic heterocycles. The average molecular weight is 433 g/mol. The summed E-state index contributed by atoms with van der Waals surface area (Å²) in [6.45, 7) is 7.59. The summed E-state index contributed by atoms with van der Waals surface area (Å²) in [6.07, 6.45) is 2.97. The Hall–Kier alpha value is -3.40. The first kappa shape index (κ1) is 23.3. The van der Waals surface area contributed by atoms with Crippen molar-refractivity contribution in [2.45, 2.75) is 39.7 Å². The Kier molecular flexibility index (Phi) is 7.47. The molecule has 0 aliphatic carbocycles. The standard InChI is InChI=1S/C28H29FO3/c1-5-31-27(30)28(3,4)32-26-18-8-21(9-19-26)7-6-20(2)22-10-12-23(13-11-22)24-14-16-25(29)17-15-24/h6,8-19H,5,7H2,1-4H3. The zero-order chi connectivity index (χ0) is 23.1. The fraction of sp³-hybridized carbons (Fsp3) is 0.250. The third kappa shape index (κ3) is 6.07. The molecule has 3 rings (SSSR count). The number of hydrogen-bond donors (Lipinski definition) is 0. The van der Waals surface area contributed by atoms with E-state index in [0.717, 1.165) is 28.7 Å². The highest BCUT2D eigenvalue weighted by atomic mass is 19.1. The first-order valence-electron chi connectivity index (χ1n) is 10.8. The molecule has 0 amide bonds. The number of rotatable bonds is 8. The van der Waals surface area contributed by atoms with E-state index >= 15 is 0 Å². The largest absolute Gasteiger partial charge is 0.476 e. The third-order valence-electron chi connectivity index (χ3n) is 5.23. The van der Waals surface area contributed by atoms with E-state index in [1.54, 1.807) is 32.9 Å². The van der Waals surface area contributed by atoms with Crippen molar-refractivity contribution in [2.75, 3.05) is 6.61 Å². The van der Waals surface area contributed by atoms with Gasteiger partial charge in [0, 0.05) is 0 Å². The number of esters is 1. The molecule has 0 fully saturated rings. The minimum absolute atomic E-state index is 0.230. The monoisotopic (exact) mass is 432 g/mol. The van der Waals surface area contributed by atoms with Crippen LogP contribution in [0.15, 0.2) is 78.9 Å². The van der Waals surface area contributed by atoms with Crippen molar-refractivity contribution in [3.8, 4) is 16.9 Å². The van der Waals surface area contributed by atoms with Gasteiger partial charge in [0.15, 0.2) is 5.60 Å². The smallest absolute Gasteiger partial charge is 0.349 e. The molecule has 4 heteroatoms. The summed E-state index contributed by atoms with van der Waals surface area (Å²) < 4.78 is 24.0. The van der Waals surface area contributed by atoms with E-state index in [2.05, 4.69) is 37.3 Å². The molecule has 166 valence electrons. The van der Waals surface area contributed by atoms with Crippen LogP contribution in [-0.2, 0) is 16.0 Å². The molecule has 32 heavy (non-hydrogen) atoms. The molecule has 3 nitrogen and oxygen atoms in total. The molecular weight excluding hydrogens is 403 g/mol. The van der Waals surface area contributed by atoms with Crippen LogP contribution < -0.4 is 4.74 Å². The van der Waals surface area contributed by atoms with Gasteiger partial charge in [-0.2, -0.15) is 0 Å². The fourth-order valence-electron chi connectivity index (χ4n) is 3.29. The summed E-state index contributed by atoms with van der Waals surface area (Å²) in [5, 5.41) is 0. The fourth-order valence-corrected chi connectivity index (χ4v) is 3.29. The molecule has 0 saturated carbocycles. The van der Waals surface area contributed by atoms with Gasteiger partial charge in [-0.3, -0.25) is 0 Å².